The van der Waals surface area contributed by atoms with E-state index < -0.39 is 0 Å². The van der Waals surface area contributed by atoms with Crippen molar-refractivity contribution in [3.05, 3.63) is 0 Å². The minimum atomic E-state index is 0.388. The van der Waals surface area contributed by atoms with Gasteiger partial charge in [0.15, 0.2) is 0 Å². The van der Waals surface area contributed by atoms with Crippen molar-refractivity contribution in [2.75, 3.05) is 52.7 Å². The topological polar surface area (TPSA) is 15.7 Å². The van der Waals surface area contributed by atoms with E-state index in [9.17, 15) is 0 Å². The Labute approximate surface area is 117 Å². The number of ether oxygens (including phenoxy) is 1. The maximum atomic E-state index is 5.51. The number of hydrogen-bond donors (Lipinski definition) is 1. The molecular formula is C14H28N2OS. The third kappa shape index (κ3) is 3.62. The van der Waals surface area contributed by atoms with Crippen molar-refractivity contribution >= 4 is 12.6 Å². The van der Waals surface area contributed by atoms with Crippen molar-refractivity contribution in [3.63, 3.8) is 0 Å². The molecule has 0 bridgehead atoms. The fraction of sp³-hybridized carbons (Fsp3) is 1.00. The molecule has 4 heteroatoms. The molecule has 3 nitrogen and oxygen atoms in total. The molecule has 2 heterocycles. The smallest absolute Gasteiger partial charge is 0.0472 e. The van der Waals surface area contributed by atoms with Crippen LogP contribution in [0.3, 0.4) is 0 Å². The van der Waals surface area contributed by atoms with Gasteiger partial charge in [-0.3, -0.25) is 0 Å². The molecule has 2 fully saturated rings. The van der Waals surface area contributed by atoms with Crippen molar-refractivity contribution in [2.24, 2.45) is 5.41 Å². The normalized spacial score (nSPS) is 26.7. The fourth-order valence-corrected chi connectivity index (χ4v) is 3.68. The standard InChI is InChI=1S/C14H28N2OS/c1-15-7-3-13(4-8-15)16(2)11-14(12-18)5-9-17-10-6-14/h13,18H,3-12H2,1-2H3. The molecule has 0 saturated carbocycles. The summed E-state index contributed by atoms with van der Waals surface area (Å²) in [6.45, 7) is 5.51. The van der Waals surface area contributed by atoms with E-state index >= 15 is 0 Å². The van der Waals surface area contributed by atoms with Gasteiger partial charge in [-0.2, -0.15) is 12.6 Å². The lowest BCUT2D eigenvalue weighted by Gasteiger charge is -2.43. The van der Waals surface area contributed by atoms with E-state index in [0.717, 1.165) is 25.0 Å². The van der Waals surface area contributed by atoms with Gasteiger partial charge in [0.2, 0.25) is 0 Å². The molecule has 2 aliphatic rings. The van der Waals surface area contributed by atoms with Crippen LogP contribution in [0.5, 0.6) is 0 Å². The van der Waals surface area contributed by atoms with Crippen molar-refractivity contribution in [3.8, 4) is 0 Å². The van der Waals surface area contributed by atoms with Crippen LogP contribution in [0.2, 0.25) is 0 Å². The van der Waals surface area contributed by atoms with E-state index in [4.69, 9.17) is 4.74 Å². The van der Waals surface area contributed by atoms with Crippen molar-refractivity contribution in [2.45, 2.75) is 31.7 Å². The number of rotatable bonds is 4. The van der Waals surface area contributed by atoms with Gasteiger partial charge in [-0.15, -0.1) is 0 Å². The second kappa shape index (κ2) is 6.60. The highest BCUT2D eigenvalue weighted by molar-refractivity contribution is 7.80. The van der Waals surface area contributed by atoms with Crippen molar-refractivity contribution < 1.29 is 4.74 Å². The molecule has 0 radical (unpaired) electrons. The van der Waals surface area contributed by atoms with Crippen LogP contribution in [-0.2, 0) is 4.74 Å². The lowest BCUT2D eigenvalue weighted by atomic mass is 9.81. The maximum Gasteiger partial charge on any atom is 0.0472 e. The zero-order valence-electron chi connectivity index (χ0n) is 11.9. The lowest BCUT2D eigenvalue weighted by Crippen LogP contribution is -2.48. The van der Waals surface area contributed by atoms with Gasteiger partial charge < -0.3 is 14.5 Å². The third-order valence-corrected chi connectivity index (χ3v) is 5.46. The number of thiol groups is 1. The molecule has 0 aromatic carbocycles. The summed E-state index contributed by atoms with van der Waals surface area (Å²) < 4.78 is 5.51. The number of likely N-dealkylation sites (tertiary alicyclic amines) is 1. The summed E-state index contributed by atoms with van der Waals surface area (Å²) in [5.74, 6) is 0.993. The first-order valence-electron chi connectivity index (χ1n) is 7.23. The Morgan fingerprint density at radius 2 is 1.89 bits per heavy atom. The Morgan fingerprint density at radius 1 is 1.28 bits per heavy atom. The van der Waals surface area contributed by atoms with Crippen LogP contribution in [0.1, 0.15) is 25.7 Å². The molecule has 0 aromatic rings. The molecule has 2 saturated heterocycles. The highest BCUT2D eigenvalue weighted by atomic mass is 32.1. The van der Waals surface area contributed by atoms with Gasteiger partial charge >= 0.3 is 0 Å². The summed E-state index contributed by atoms with van der Waals surface area (Å²) in [5, 5.41) is 0. The summed E-state index contributed by atoms with van der Waals surface area (Å²) in [5.41, 5.74) is 0.388. The summed E-state index contributed by atoms with van der Waals surface area (Å²) in [4.78, 5) is 5.03. The first kappa shape index (κ1) is 14.6. The average molecular weight is 272 g/mol. The average Bonchev–Trinajstić information content (AvgIpc) is 2.40. The lowest BCUT2D eigenvalue weighted by molar-refractivity contribution is 0.000560. The van der Waals surface area contributed by atoms with E-state index in [0.29, 0.717) is 5.41 Å². The summed E-state index contributed by atoms with van der Waals surface area (Å²) >= 11 is 4.61. The molecule has 0 aromatic heterocycles. The van der Waals surface area contributed by atoms with Gasteiger partial charge in [-0.1, -0.05) is 0 Å². The molecule has 18 heavy (non-hydrogen) atoms. The Morgan fingerprint density at radius 3 is 2.44 bits per heavy atom. The SMILES string of the molecule is CN1CCC(N(C)CC2(CS)CCOCC2)CC1. The van der Waals surface area contributed by atoms with E-state index in [2.05, 4.69) is 36.5 Å². The number of nitrogens with zero attached hydrogens (tertiary/aromatic N) is 2. The van der Waals surface area contributed by atoms with Crippen LogP contribution in [0, 0.1) is 5.41 Å². The second-order valence-electron chi connectivity index (χ2n) is 6.22. The van der Waals surface area contributed by atoms with Crippen molar-refractivity contribution in [1.29, 1.82) is 0 Å². The first-order valence-corrected chi connectivity index (χ1v) is 7.86. The molecule has 0 aliphatic carbocycles. The molecule has 0 unspecified atom stereocenters. The monoisotopic (exact) mass is 272 g/mol. The number of hydrogen-bond acceptors (Lipinski definition) is 4. The quantitative estimate of drug-likeness (QED) is 0.785. The van der Waals surface area contributed by atoms with Crippen LogP contribution >= 0.6 is 12.6 Å². The summed E-state index contributed by atoms with van der Waals surface area (Å²) in [7, 11) is 4.53. The predicted molar refractivity (Wildman–Crippen MR) is 79.5 cm³/mol. The van der Waals surface area contributed by atoms with E-state index in [1.807, 2.05) is 0 Å². The van der Waals surface area contributed by atoms with Gasteiger partial charge in [-0.25, -0.2) is 0 Å². The van der Waals surface area contributed by atoms with Gasteiger partial charge in [0.25, 0.3) is 0 Å². The maximum absolute atomic E-state index is 5.51. The van der Waals surface area contributed by atoms with E-state index in [1.54, 1.807) is 0 Å². The fourth-order valence-electron chi connectivity index (χ4n) is 3.26. The minimum absolute atomic E-state index is 0.388. The molecule has 106 valence electrons. The van der Waals surface area contributed by atoms with Crippen molar-refractivity contribution in [1.82, 2.24) is 9.80 Å². The largest absolute Gasteiger partial charge is 0.381 e. The zero-order chi connectivity index (χ0) is 13.0. The Kier molecular flexibility index (Phi) is 5.36. The van der Waals surface area contributed by atoms with Gasteiger partial charge in [0, 0.05) is 25.8 Å². The predicted octanol–water partition coefficient (Wildman–Crippen LogP) is 1.74. The van der Waals surface area contributed by atoms with E-state index in [-0.39, 0.29) is 0 Å². The first-order chi connectivity index (χ1) is 8.65. The molecular weight excluding hydrogens is 244 g/mol. The second-order valence-corrected chi connectivity index (χ2v) is 6.54. The molecule has 0 N–H and O–H groups in total. The Bertz CT molecular complexity index is 248. The molecule has 0 spiro atoms. The van der Waals surface area contributed by atoms with Gasteiger partial charge in [0.05, 0.1) is 0 Å². The molecule has 2 rings (SSSR count). The molecule has 0 amide bonds. The zero-order valence-corrected chi connectivity index (χ0v) is 12.8. The Balaban J connectivity index is 1.86. The molecule has 0 atom stereocenters. The highest BCUT2D eigenvalue weighted by Gasteiger charge is 2.34. The van der Waals surface area contributed by atoms with Gasteiger partial charge in [0.1, 0.15) is 0 Å². The number of piperidine rings is 1. The van der Waals surface area contributed by atoms with E-state index in [1.165, 1.54) is 45.3 Å². The van der Waals surface area contributed by atoms with Gasteiger partial charge in [-0.05, 0) is 64.0 Å². The highest BCUT2D eigenvalue weighted by Crippen LogP contribution is 2.33. The third-order valence-electron chi connectivity index (χ3n) is 4.79. The van der Waals surface area contributed by atoms with Crippen LogP contribution in [-0.4, -0.2) is 68.5 Å². The summed E-state index contributed by atoms with van der Waals surface area (Å²) in [6, 6.07) is 0.765. The minimum Gasteiger partial charge on any atom is -0.381 e. The Hall–Kier alpha value is 0.230. The van der Waals surface area contributed by atoms with Crippen LogP contribution < -0.4 is 0 Å². The molecule has 2 aliphatic heterocycles. The van der Waals surface area contributed by atoms with Crippen LogP contribution in [0.4, 0.5) is 0 Å². The summed E-state index contributed by atoms with van der Waals surface area (Å²) in [6.07, 6.45) is 4.97. The van der Waals surface area contributed by atoms with Crippen LogP contribution in [0.15, 0.2) is 0 Å². The van der Waals surface area contributed by atoms with Crippen LogP contribution in [0.25, 0.3) is 0 Å².